The molecular formula is C13H17N3S2. The zero-order valence-electron chi connectivity index (χ0n) is 10.6. The van der Waals surface area contributed by atoms with Crippen molar-refractivity contribution in [3.8, 4) is 10.6 Å². The molecule has 3 rings (SSSR count). The highest BCUT2D eigenvalue weighted by atomic mass is 32.1. The van der Waals surface area contributed by atoms with Crippen molar-refractivity contribution < 1.29 is 0 Å². The lowest BCUT2D eigenvalue weighted by Gasteiger charge is -2.04. The molecule has 0 saturated heterocycles. The third kappa shape index (κ3) is 2.72. The minimum absolute atomic E-state index is 0.641. The van der Waals surface area contributed by atoms with Crippen LogP contribution < -0.4 is 5.32 Å². The van der Waals surface area contributed by atoms with Crippen LogP contribution in [0.3, 0.4) is 0 Å². The quantitative estimate of drug-likeness (QED) is 0.891. The summed E-state index contributed by atoms with van der Waals surface area (Å²) in [5.41, 5.74) is 1.07. The molecule has 0 radical (unpaired) electrons. The monoisotopic (exact) mass is 279 g/mol. The summed E-state index contributed by atoms with van der Waals surface area (Å²) in [6, 6.07) is 0. The third-order valence-electron chi connectivity index (χ3n) is 2.87. The van der Waals surface area contributed by atoms with Crippen LogP contribution in [0.2, 0.25) is 0 Å². The van der Waals surface area contributed by atoms with Gasteiger partial charge in [0.25, 0.3) is 0 Å². The number of anilines is 1. The van der Waals surface area contributed by atoms with Crippen molar-refractivity contribution >= 4 is 27.8 Å². The van der Waals surface area contributed by atoms with Crippen LogP contribution in [0, 0.1) is 5.92 Å². The first-order valence-corrected chi connectivity index (χ1v) is 8.07. The van der Waals surface area contributed by atoms with Crippen molar-refractivity contribution in [1.82, 2.24) is 9.97 Å². The minimum atomic E-state index is 0.641. The average Bonchev–Trinajstić information content (AvgIpc) is 2.92. The molecule has 0 aromatic carbocycles. The number of rotatable bonds is 5. The molecule has 1 saturated carbocycles. The fourth-order valence-electron chi connectivity index (χ4n) is 1.68. The van der Waals surface area contributed by atoms with Gasteiger partial charge in [0, 0.05) is 24.0 Å². The van der Waals surface area contributed by atoms with Gasteiger partial charge in [-0.3, -0.25) is 0 Å². The van der Waals surface area contributed by atoms with Crippen LogP contribution >= 0.6 is 22.7 Å². The summed E-state index contributed by atoms with van der Waals surface area (Å²) in [7, 11) is 0. The molecule has 5 heteroatoms. The first kappa shape index (κ1) is 12.1. The maximum atomic E-state index is 4.62. The topological polar surface area (TPSA) is 37.8 Å². The van der Waals surface area contributed by atoms with Gasteiger partial charge in [0.1, 0.15) is 0 Å². The highest BCUT2D eigenvalue weighted by molar-refractivity contribution is 7.16. The lowest BCUT2D eigenvalue weighted by molar-refractivity contribution is 0.688. The van der Waals surface area contributed by atoms with Gasteiger partial charge in [-0.1, -0.05) is 13.8 Å². The van der Waals surface area contributed by atoms with E-state index in [-0.39, 0.29) is 0 Å². The van der Waals surface area contributed by atoms with E-state index in [2.05, 4.69) is 34.5 Å². The van der Waals surface area contributed by atoms with E-state index in [9.17, 15) is 0 Å². The Bertz CT molecular complexity index is 526. The number of thiazole rings is 2. The van der Waals surface area contributed by atoms with Gasteiger partial charge in [0.2, 0.25) is 0 Å². The highest BCUT2D eigenvalue weighted by Gasteiger charge is 2.27. The van der Waals surface area contributed by atoms with E-state index in [1.54, 1.807) is 22.7 Å². The van der Waals surface area contributed by atoms with Gasteiger partial charge in [-0.05, 0) is 18.8 Å². The lowest BCUT2D eigenvalue weighted by atomic mass is 10.2. The smallest absolute Gasteiger partial charge is 0.183 e. The Morgan fingerprint density at radius 3 is 3.00 bits per heavy atom. The Labute approximate surface area is 115 Å². The van der Waals surface area contributed by atoms with Gasteiger partial charge in [0.15, 0.2) is 5.13 Å². The number of hydrogen-bond donors (Lipinski definition) is 1. The standard InChI is InChI=1S/C13H17N3S2/c1-8(2)5-15-13-16-10(7-17-13)11-6-14-12(18-11)9-3-4-9/h6-9H,3-5H2,1-2H3,(H,15,16). The number of nitrogens with one attached hydrogen (secondary N) is 1. The van der Waals surface area contributed by atoms with Gasteiger partial charge in [0.05, 0.1) is 15.6 Å². The van der Waals surface area contributed by atoms with Gasteiger partial charge in [-0.15, -0.1) is 22.7 Å². The molecule has 2 aromatic rings. The Balaban J connectivity index is 1.71. The van der Waals surface area contributed by atoms with E-state index < -0.39 is 0 Å². The molecule has 2 heterocycles. The van der Waals surface area contributed by atoms with Crippen molar-refractivity contribution in [3.05, 3.63) is 16.6 Å². The molecule has 0 amide bonds. The molecule has 0 spiro atoms. The first-order valence-electron chi connectivity index (χ1n) is 6.38. The predicted octanol–water partition coefficient (Wildman–Crippen LogP) is 4.21. The molecule has 0 unspecified atom stereocenters. The molecule has 0 aliphatic heterocycles. The van der Waals surface area contributed by atoms with Crippen LogP contribution in [0.25, 0.3) is 10.6 Å². The predicted molar refractivity (Wildman–Crippen MR) is 78.5 cm³/mol. The van der Waals surface area contributed by atoms with E-state index in [4.69, 9.17) is 0 Å². The molecule has 2 aromatic heterocycles. The van der Waals surface area contributed by atoms with Crippen LogP contribution in [0.5, 0.6) is 0 Å². The second kappa shape index (κ2) is 4.97. The van der Waals surface area contributed by atoms with E-state index in [0.717, 1.165) is 23.3 Å². The second-order valence-corrected chi connectivity index (χ2v) is 7.07. The fraction of sp³-hybridized carbons (Fsp3) is 0.538. The summed E-state index contributed by atoms with van der Waals surface area (Å²) in [5, 5.41) is 7.79. The molecule has 96 valence electrons. The lowest BCUT2D eigenvalue weighted by Crippen LogP contribution is -2.07. The van der Waals surface area contributed by atoms with Gasteiger partial charge in [-0.2, -0.15) is 0 Å². The summed E-state index contributed by atoms with van der Waals surface area (Å²) < 4.78 is 0. The molecule has 18 heavy (non-hydrogen) atoms. The summed E-state index contributed by atoms with van der Waals surface area (Å²) in [5.74, 6) is 1.38. The van der Waals surface area contributed by atoms with E-state index >= 15 is 0 Å². The van der Waals surface area contributed by atoms with Gasteiger partial charge < -0.3 is 5.32 Å². The fourth-order valence-corrected chi connectivity index (χ4v) is 3.53. The number of aromatic nitrogens is 2. The Kier molecular flexibility index (Phi) is 3.35. The van der Waals surface area contributed by atoms with Crippen LogP contribution in [0.1, 0.15) is 37.6 Å². The van der Waals surface area contributed by atoms with Crippen molar-refractivity contribution in [2.45, 2.75) is 32.6 Å². The molecular weight excluding hydrogens is 262 g/mol. The normalized spacial score (nSPS) is 15.3. The maximum Gasteiger partial charge on any atom is 0.183 e. The molecule has 1 aliphatic carbocycles. The second-order valence-electron chi connectivity index (χ2n) is 5.15. The average molecular weight is 279 g/mol. The summed E-state index contributed by atoms with van der Waals surface area (Å²) in [6.45, 7) is 5.38. The Morgan fingerprint density at radius 2 is 2.28 bits per heavy atom. The molecule has 0 bridgehead atoms. The molecule has 1 aliphatic rings. The summed E-state index contributed by atoms with van der Waals surface area (Å²) >= 11 is 3.48. The van der Waals surface area contributed by atoms with E-state index in [1.807, 2.05) is 6.20 Å². The molecule has 1 fully saturated rings. The maximum absolute atomic E-state index is 4.62. The third-order valence-corrected chi connectivity index (χ3v) is 4.85. The van der Waals surface area contributed by atoms with E-state index in [0.29, 0.717) is 5.92 Å². The van der Waals surface area contributed by atoms with Gasteiger partial charge in [-0.25, -0.2) is 9.97 Å². The van der Waals surface area contributed by atoms with Crippen molar-refractivity contribution in [2.75, 3.05) is 11.9 Å². The van der Waals surface area contributed by atoms with Crippen LogP contribution in [0.15, 0.2) is 11.6 Å². The SMILES string of the molecule is CC(C)CNc1nc(-c2cnc(C3CC3)s2)cs1. The van der Waals surface area contributed by atoms with Crippen molar-refractivity contribution in [3.63, 3.8) is 0 Å². The van der Waals surface area contributed by atoms with Crippen LogP contribution in [-0.2, 0) is 0 Å². The number of hydrogen-bond acceptors (Lipinski definition) is 5. The Hall–Kier alpha value is -0.940. The van der Waals surface area contributed by atoms with Gasteiger partial charge >= 0.3 is 0 Å². The number of nitrogens with zero attached hydrogens (tertiary/aromatic N) is 2. The highest BCUT2D eigenvalue weighted by Crippen LogP contribution is 2.43. The largest absolute Gasteiger partial charge is 0.361 e. The molecule has 3 nitrogen and oxygen atoms in total. The molecule has 0 atom stereocenters. The van der Waals surface area contributed by atoms with E-state index in [1.165, 1.54) is 22.7 Å². The summed E-state index contributed by atoms with van der Waals surface area (Å²) in [4.78, 5) is 10.3. The first-order chi connectivity index (χ1) is 8.72. The molecule has 1 N–H and O–H groups in total. The van der Waals surface area contributed by atoms with Crippen molar-refractivity contribution in [1.29, 1.82) is 0 Å². The zero-order chi connectivity index (χ0) is 12.5. The zero-order valence-corrected chi connectivity index (χ0v) is 12.3. The Morgan fingerprint density at radius 1 is 1.44 bits per heavy atom. The summed E-state index contributed by atoms with van der Waals surface area (Å²) in [6.07, 6.45) is 4.59. The minimum Gasteiger partial charge on any atom is -0.361 e. The van der Waals surface area contributed by atoms with Crippen LogP contribution in [-0.4, -0.2) is 16.5 Å². The van der Waals surface area contributed by atoms with Crippen molar-refractivity contribution in [2.24, 2.45) is 5.92 Å². The van der Waals surface area contributed by atoms with Crippen LogP contribution in [0.4, 0.5) is 5.13 Å².